The Morgan fingerprint density at radius 1 is 1.20 bits per heavy atom. The second kappa shape index (κ2) is 6.00. The van der Waals surface area contributed by atoms with Gasteiger partial charge in [0.1, 0.15) is 15.0 Å². The van der Waals surface area contributed by atoms with E-state index in [2.05, 4.69) is 38.1 Å². The molecule has 0 N–H and O–H groups in total. The molecule has 7 heteroatoms. The van der Waals surface area contributed by atoms with E-state index in [4.69, 9.17) is 0 Å². The van der Waals surface area contributed by atoms with E-state index in [1.165, 1.54) is 21.6 Å². The molecule has 0 amide bonds. The van der Waals surface area contributed by atoms with Crippen molar-refractivity contribution in [3.63, 3.8) is 0 Å². The number of halogens is 1. The van der Waals surface area contributed by atoms with E-state index in [1.807, 2.05) is 38.1 Å². The van der Waals surface area contributed by atoms with Crippen LogP contribution in [0.5, 0.6) is 0 Å². The molecule has 0 saturated carbocycles. The standard InChI is InChI=1S/C18H15BrN4OS/c1-4-11-5-7-12(8-6-11)23-18(24)16-15(21-22-23)13-9(2)14(19)10(3)20-17(13)25-16/h5-8H,4H2,1-3H3. The monoisotopic (exact) mass is 414 g/mol. The third kappa shape index (κ3) is 2.49. The van der Waals surface area contributed by atoms with Crippen LogP contribution in [0.4, 0.5) is 0 Å². The molecule has 0 aliphatic heterocycles. The summed E-state index contributed by atoms with van der Waals surface area (Å²) < 4.78 is 2.88. The van der Waals surface area contributed by atoms with Crippen LogP contribution in [-0.4, -0.2) is 20.0 Å². The van der Waals surface area contributed by atoms with Crippen LogP contribution >= 0.6 is 27.3 Å². The maximum Gasteiger partial charge on any atom is 0.292 e. The van der Waals surface area contributed by atoms with Crippen LogP contribution in [0.25, 0.3) is 26.1 Å². The quantitative estimate of drug-likeness (QED) is 0.489. The largest absolute Gasteiger partial charge is 0.292 e. The highest BCUT2D eigenvalue weighted by Gasteiger charge is 2.18. The molecule has 0 aliphatic rings. The van der Waals surface area contributed by atoms with Crippen molar-refractivity contribution in [2.45, 2.75) is 27.2 Å². The van der Waals surface area contributed by atoms with E-state index < -0.39 is 0 Å². The van der Waals surface area contributed by atoms with E-state index in [0.29, 0.717) is 10.2 Å². The first kappa shape index (κ1) is 16.4. The summed E-state index contributed by atoms with van der Waals surface area (Å²) in [6.07, 6.45) is 0.954. The number of hydrogen-bond acceptors (Lipinski definition) is 5. The first-order valence-corrected chi connectivity index (χ1v) is 9.56. The van der Waals surface area contributed by atoms with Gasteiger partial charge in [0.25, 0.3) is 5.56 Å². The summed E-state index contributed by atoms with van der Waals surface area (Å²) in [5.74, 6) is 0. The molecule has 0 atom stereocenters. The van der Waals surface area contributed by atoms with Crippen molar-refractivity contribution < 1.29 is 0 Å². The average molecular weight is 415 g/mol. The normalized spacial score (nSPS) is 11.5. The highest BCUT2D eigenvalue weighted by Crippen LogP contribution is 2.35. The summed E-state index contributed by atoms with van der Waals surface area (Å²) in [5.41, 5.74) is 4.33. The lowest BCUT2D eigenvalue weighted by molar-refractivity contribution is 0.740. The van der Waals surface area contributed by atoms with E-state index >= 15 is 0 Å². The van der Waals surface area contributed by atoms with Gasteiger partial charge in [0, 0.05) is 9.86 Å². The SMILES string of the molecule is CCc1ccc(-n2nnc3c(sc4nc(C)c(Br)c(C)c43)c2=O)cc1. The fourth-order valence-electron chi connectivity index (χ4n) is 2.92. The molecule has 126 valence electrons. The number of nitrogens with zero attached hydrogens (tertiary/aromatic N) is 4. The molecule has 0 bridgehead atoms. The number of aromatic nitrogens is 4. The van der Waals surface area contributed by atoms with Gasteiger partial charge in [-0.1, -0.05) is 24.3 Å². The maximum atomic E-state index is 13.0. The average Bonchev–Trinajstić information content (AvgIpc) is 2.99. The van der Waals surface area contributed by atoms with Crippen molar-refractivity contribution in [1.29, 1.82) is 0 Å². The molecule has 0 aliphatic carbocycles. The number of fused-ring (bicyclic) bond motifs is 3. The number of pyridine rings is 1. The highest BCUT2D eigenvalue weighted by atomic mass is 79.9. The van der Waals surface area contributed by atoms with Crippen LogP contribution in [0, 0.1) is 13.8 Å². The van der Waals surface area contributed by atoms with Crippen molar-refractivity contribution in [2.24, 2.45) is 0 Å². The molecule has 0 spiro atoms. The summed E-state index contributed by atoms with van der Waals surface area (Å²) >= 11 is 4.94. The fourth-order valence-corrected chi connectivity index (χ4v) is 4.35. The van der Waals surface area contributed by atoms with Gasteiger partial charge in [-0.15, -0.1) is 16.4 Å². The van der Waals surface area contributed by atoms with Crippen molar-refractivity contribution in [3.05, 3.63) is 55.9 Å². The van der Waals surface area contributed by atoms with Gasteiger partial charge in [-0.25, -0.2) is 4.98 Å². The Bertz CT molecular complexity index is 1180. The van der Waals surface area contributed by atoms with Crippen molar-refractivity contribution in [2.75, 3.05) is 0 Å². The number of thiophene rings is 1. The minimum Gasteiger partial charge on any atom is -0.266 e. The molecule has 3 aromatic heterocycles. The molecule has 0 fully saturated rings. The zero-order valence-corrected chi connectivity index (χ0v) is 16.4. The Hall–Kier alpha value is -2.12. The zero-order chi connectivity index (χ0) is 17.7. The molecule has 4 rings (SSSR count). The highest BCUT2D eigenvalue weighted by molar-refractivity contribution is 9.10. The van der Waals surface area contributed by atoms with E-state index in [9.17, 15) is 4.79 Å². The number of rotatable bonds is 2. The predicted molar refractivity (Wildman–Crippen MR) is 105 cm³/mol. The van der Waals surface area contributed by atoms with Gasteiger partial charge in [-0.2, -0.15) is 4.68 Å². The summed E-state index contributed by atoms with van der Waals surface area (Å²) in [7, 11) is 0. The molecule has 1 aromatic carbocycles. The molecule has 0 radical (unpaired) electrons. The van der Waals surface area contributed by atoms with Gasteiger partial charge in [-0.05, 0) is 59.5 Å². The Balaban J connectivity index is 2.01. The minimum atomic E-state index is -0.162. The molecule has 4 aromatic rings. The third-order valence-electron chi connectivity index (χ3n) is 4.37. The first-order valence-electron chi connectivity index (χ1n) is 7.95. The van der Waals surface area contributed by atoms with Crippen LogP contribution in [0.15, 0.2) is 33.5 Å². The molecular weight excluding hydrogens is 400 g/mol. The lowest BCUT2D eigenvalue weighted by atomic mass is 10.1. The second-order valence-electron chi connectivity index (χ2n) is 5.92. The Morgan fingerprint density at radius 3 is 2.60 bits per heavy atom. The smallest absolute Gasteiger partial charge is 0.266 e. The van der Waals surface area contributed by atoms with E-state index in [-0.39, 0.29) is 5.56 Å². The summed E-state index contributed by atoms with van der Waals surface area (Å²) in [5, 5.41) is 9.41. The Morgan fingerprint density at radius 2 is 1.92 bits per heavy atom. The van der Waals surface area contributed by atoms with Gasteiger partial charge in [-0.3, -0.25) is 4.79 Å². The van der Waals surface area contributed by atoms with Gasteiger partial charge in [0.2, 0.25) is 0 Å². The molecule has 3 heterocycles. The van der Waals surface area contributed by atoms with Gasteiger partial charge < -0.3 is 0 Å². The first-order chi connectivity index (χ1) is 12.0. The third-order valence-corrected chi connectivity index (χ3v) is 6.59. The predicted octanol–water partition coefficient (Wildman–Crippen LogP) is 4.33. The molecule has 25 heavy (non-hydrogen) atoms. The van der Waals surface area contributed by atoms with Gasteiger partial charge in [0.15, 0.2) is 0 Å². The van der Waals surface area contributed by atoms with Gasteiger partial charge >= 0.3 is 0 Å². The van der Waals surface area contributed by atoms with Crippen molar-refractivity contribution >= 4 is 47.7 Å². The zero-order valence-electron chi connectivity index (χ0n) is 14.0. The molecular formula is C18H15BrN4OS. The van der Waals surface area contributed by atoms with Crippen LogP contribution in [0.2, 0.25) is 0 Å². The minimum absolute atomic E-state index is 0.162. The van der Waals surface area contributed by atoms with E-state index in [0.717, 1.165) is 38.1 Å². The van der Waals surface area contributed by atoms with Crippen LogP contribution in [0.3, 0.4) is 0 Å². The lowest BCUT2D eigenvalue weighted by Crippen LogP contribution is -2.21. The molecule has 0 unspecified atom stereocenters. The fraction of sp³-hybridized carbons (Fsp3) is 0.222. The second-order valence-corrected chi connectivity index (χ2v) is 7.71. The number of aryl methyl sites for hydroxylation is 3. The molecule has 5 nitrogen and oxygen atoms in total. The van der Waals surface area contributed by atoms with Crippen molar-refractivity contribution in [3.8, 4) is 5.69 Å². The summed E-state index contributed by atoms with van der Waals surface area (Å²) in [6, 6.07) is 7.81. The summed E-state index contributed by atoms with van der Waals surface area (Å²) in [4.78, 5) is 18.4. The number of benzene rings is 1. The van der Waals surface area contributed by atoms with Crippen LogP contribution < -0.4 is 5.56 Å². The van der Waals surface area contributed by atoms with Crippen LogP contribution in [-0.2, 0) is 6.42 Å². The van der Waals surface area contributed by atoms with Gasteiger partial charge in [0.05, 0.1) is 11.4 Å². The topological polar surface area (TPSA) is 60.7 Å². The Labute approximate surface area is 156 Å². The number of hydrogen-bond donors (Lipinski definition) is 0. The molecule has 0 saturated heterocycles. The van der Waals surface area contributed by atoms with Crippen LogP contribution in [0.1, 0.15) is 23.7 Å². The Kier molecular flexibility index (Phi) is 3.92. The lowest BCUT2D eigenvalue weighted by Gasteiger charge is -2.05. The van der Waals surface area contributed by atoms with Crippen molar-refractivity contribution in [1.82, 2.24) is 20.0 Å². The summed E-state index contributed by atoms with van der Waals surface area (Å²) in [6.45, 7) is 6.05. The maximum absolute atomic E-state index is 13.0. The van der Waals surface area contributed by atoms with E-state index in [1.54, 1.807) is 0 Å².